The van der Waals surface area contributed by atoms with Gasteiger partial charge in [-0.1, -0.05) is 42.5 Å². The third-order valence-electron chi connectivity index (χ3n) is 4.61. The molecule has 2 aromatic rings. The lowest BCUT2D eigenvalue weighted by Crippen LogP contribution is -2.37. The zero-order valence-corrected chi connectivity index (χ0v) is 14.8. The summed E-state index contributed by atoms with van der Waals surface area (Å²) in [6.07, 6.45) is 6.08. The maximum Gasteiger partial charge on any atom is 0.322 e. The van der Waals surface area contributed by atoms with Crippen LogP contribution in [0.3, 0.4) is 0 Å². The third kappa shape index (κ3) is 4.11. The molecule has 1 aliphatic heterocycles. The number of primary amides is 1. The molecule has 1 aliphatic rings. The van der Waals surface area contributed by atoms with E-state index in [2.05, 4.69) is 17.5 Å². The SMILES string of the molecule is Cc1cc(NC(=O)N2CCC[C@@H]2/C=C/c2ccccc2)ccc1C(N)=O. The molecular formula is C21H23N3O2. The van der Waals surface area contributed by atoms with Crippen LogP contribution in [0.2, 0.25) is 0 Å². The molecule has 0 aromatic heterocycles. The van der Waals surface area contributed by atoms with Crippen LogP contribution in [-0.4, -0.2) is 29.4 Å². The molecule has 1 saturated heterocycles. The molecule has 3 N–H and O–H groups in total. The van der Waals surface area contributed by atoms with Crippen molar-refractivity contribution in [3.8, 4) is 0 Å². The summed E-state index contributed by atoms with van der Waals surface area (Å²) in [5.74, 6) is -0.467. The highest BCUT2D eigenvalue weighted by molar-refractivity contribution is 5.96. The van der Waals surface area contributed by atoms with E-state index in [4.69, 9.17) is 5.73 Å². The van der Waals surface area contributed by atoms with Crippen molar-refractivity contribution in [1.29, 1.82) is 0 Å². The van der Waals surface area contributed by atoms with Crippen LogP contribution in [0, 0.1) is 6.92 Å². The van der Waals surface area contributed by atoms with Gasteiger partial charge in [-0.05, 0) is 49.1 Å². The average Bonchev–Trinajstić information content (AvgIpc) is 3.09. The van der Waals surface area contributed by atoms with Crippen molar-refractivity contribution in [2.75, 3.05) is 11.9 Å². The summed E-state index contributed by atoms with van der Waals surface area (Å²) < 4.78 is 0. The molecule has 2 aromatic carbocycles. The Balaban J connectivity index is 1.68. The van der Waals surface area contributed by atoms with Crippen LogP contribution in [-0.2, 0) is 0 Å². The minimum atomic E-state index is -0.467. The van der Waals surface area contributed by atoms with Gasteiger partial charge in [-0.15, -0.1) is 0 Å². The summed E-state index contributed by atoms with van der Waals surface area (Å²) in [5.41, 5.74) is 8.32. The highest BCUT2D eigenvalue weighted by atomic mass is 16.2. The van der Waals surface area contributed by atoms with Crippen LogP contribution in [0.1, 0.15) is 34.3 Å². The Labute approximate surface area is 153 Å². The first-order chi connectivity index (χ1) is 12.5. The first-order valence-electron chi connectivity index (χ1n) is 8.76. The molecule has 1 atom stereocenters. The topological polar surface area (TPSA) is 75.4 Å². The number of nitrogens with two attached hydrogens (primary N) is 1. The van der Waals surface area contributed by atoms with Crippen molar-refractivity contribution in [2.24, 2.45) is 5.73 Å². The van der Waals surface area contributed by atoms with Gasteiger partial charge in [-0.2, -0.15) is 0 Å². The molecule has 0 radical (unpaired) electrons. The molecule has 0 unspecified atom stereocenters. The second-order valence-corrected chi connectivity index (χ2v) is 6.50. The van der Waals surface area contributed by atoms with Crippen LogP contribution in [0.4, 0.5) is 10.5 Å². The number of anilines is 1. The lowest BCUT2D eigenvalue weighted by molar-refractivity contribution is 0.0999. The summed E-state index contributed by atoms with van der Waals surface area (Å²) >= 11 is 0. The monoisotopic (exact) mass is 349 g/mol. The normalized spacial score (nSPS) is 16.8. The number of carbonyl (C=O) groups excluding carboxylic acids is 2. The first kappa shape index (κ1) is 17.7. The van der Waals surface area contributed by atoms with E-state index < -0.39 is 5.91 Å². The summed E-state index contributed by atoms with van der Waals surface area (Å²) in [6.45, 7) is 2.53. The fourth-order valence-electron chi connectivity index (χ4n) is 3.24. The summed E-state index contributed by atoms with van der Waals surface area (Å²) in [5, 5.41) is 2.92. The summed E-state index contributed by atoms with van der Waals surface area (Å²) in [7, 11) is 0. The summed E-state index contributed by atoms with van der Waals surface area (Å²) in [6, 6.07) is 15.1. The van der Waals surface area contributed by atoms with Crippen LogP contribution >= 0.6 is 0 Å². The van der Waals surface area contributed by atoms with Crippen molar-refractivity contribution >= 4 is 23.7 Å². The average molecular weight is 349 g/mol. The molecule has 0 bridgehead atoms. The van der Waals surface area contributed by atoms with Gasteiger partial charge in [0.1, 0.15) is 0 Å². The van der Waals surface area contributed by atoms with Crippen molar-refractivity contribution in [3.05, 3.63) is 71.3 Å². The van der Waals surface area contributed by atoms with Crippen LogP contribution < -0.4 is 11.1 Å². The minimum Gasteiger partial charge on any atom is -0.366 e. The molecule has 0 spiro atoms. The molecule has 0 aliphatic carbocycles. The molecule has 0 saturated carbocycles. The number of rotatable bonds is 4. The minimum absolute atomic E-state index is 0.0844. The van der Waals surface area contributed by atoms with Gasteiger partial charge in [0.25, 0.3) is 0 Å². The lowest BCUT2D eigenvalue weighted by atomic mass is 10.1. The molecule has 1 fully saturated rings. The Morgan fingerprint density at radius 1 is 1.19 bits per heavy atom. The predicted octanol–water partition coefficient (Wildman–Crippen LogP) is 3.80. The second kappa shape index (κ2) is 7.87. The van der Waals surface area contributed by atoms with E-state index in [-0.39, 0.29) is 12.1 Å². The van der Waals surface area contributed by atoms with Gasteiger partial charge < -0.3 is 16.0 Å². The van der Waals surface area contributed by atoms with E-state index in [0.717, 1.165) is 30.5 Å². The Morgan fingerprint density at radius 2 is 1.96 bits per heavy atom. The number of likely N-dealkylation sites (tertiary alicyclic amines) is 1. The number of hydrogen-bond donors (Lipinski definition) is 2. The van der Waals surface area contributed by atoms with Gasteiger partial charge in [-0.25, -0.2) is 4.79 Å². The summed E-state index contributed by atoms with van der Waals surface area (Å²) in [4.78, 5) is 25.8. The largest absolute Gasteiger partial charge is 0.366 e. The molecule has 134 valence electrons. The number of amides is 3. The number of hydrogen-bond acceptors (Lipinski definition) is 2. The zero-order chi connectivity index (χ0) is 18.5. The molecule has 1 heterocycles. The van der Waals surface area contributed by atoms with Gasteiger partial charge >= 0.3 is 6.03 Å². The van der Waals surface area contributed by atoms with Gasteiger partial charge in [-0.3, -0.25) is 4.79 Å². The number of nitrogens with one attached hydrogen (secondary N) is 1. The van der Waals surface area contributed by atoms with Crippen molar-refractivity contribution < 1.29 is 9.59 Å². The number of urea groups is 1. The van der Waals surface area contributed by atoms with E-state index in [0.29, 0.717) is 11.3 Å². The van der Waals surface area contributed by atoms with Gasteiger partial charge in [0.2, 0.25) is 5.91 Å². The second-order valence-electron chi connectivity index (χ2n) is 6.50. The molecule has 5 heteroatoms. The third-order valence-corrected chi connectivity index (χ3v) is 4.61. The van der Waals surface area contributed by atoms with E-state index in [1.807, 2.05) is 35.2 Å². The maximum absolute atomic E-state index is 12.7. The highest BCUT2D eigenvalue weighted by Gasteiger charge is 2.26. The van der Waals surface area contributed by atoms with Gasteiger partial charge in [0.15, 0.2) is 0 Å². The fourth-order valence-corrected chi connectivity index (χ4v) is 3.24. The molecular weight excluding hydrogens is 326 g/mol. The quantitative estimate of drug-likeness (QED) is 0.881. The zero-order valence-electron chi connectivity index (χ0n) is 14.8. The Hall–Kier alpha value is -3.08. The van der Waals surface area contributed by atoms with Crippen molar-refractivity contribution in [1.82, 2.24) is 4.90 Å². The van der Waals surface area contributed by atoms with Crippen LogP contribution in [0.15, 0.2) is 54.6 Å². The van der Waals surface area contributed by atoms with Crippen molar-refractivity contribution in [3.63, 3.8) is 0 Å². The van der Waals surface area contributed by atoms with E-state index >= 15 is 0 Å². The van der Waals surface area contributed by atoms with Gasteiger partial charge in [0.05, 0.1) is 6.04 Å². The first-order valence-corrected chi connectivity index (χ1v) is 8.76. The number of nitrogens with zero attached hydrogens (tertiary/aromatic N) is 1. The smallest absolute Gasteiger partial charge is 0.322 e. The molecule has 5 nitrogen and oxygen atoms in total. The standard InChI is InChI=1S/C21H23N3O2/c1-15-14-17(10-12-19(15)20(22)25)23-21(26)24-13-5-8-18(24)11-9-16-6-3-2-4-7-16/h2-4,6-7,9-12,14,18H,5,8,13H2,1H3,(H2,22,25)(H,23,26)/b11-9+/t18-/m1/s1. The Bertz CT molecular complexity index is 830. The lowest BCUT2D eigenvalue weighted by Gasteiger charge is -2.23. The Morgan fingerprint density at radius 3 is 2.65 bits per heavy atom. The fraction of sp³-hybridized carbons (Fsp3) is 0.238. The molecule has 3 amide bonds. The van der Waals surface area contributed by atoms with E-state index in [1.54, 1.807) is 25.1 Å². The molecule has 3 rings (SSSR count). The Kier molecular flexibility index (Phi) is 5.37. The van der Waals surface area contributed by atoms with Crippen LogP contribution in [0.25, 0.3) is 6.08 Å². The predicted molar refractivity (Wildman–Crippen MR) is 104 cm³/mol. The number of aryl methyl sites for hydroxylation is 1. The van der Waals surface area contributed by atoms with Crippen molar-refractivity contribution in [2.45, 2.75) is 25.8 Å². The highest BCUT2D eigenvalue weighted by Crippen LogP contribution is 2.22. The maximum atomic E-state index is 12.7. The van der Waals surface area contributed by atoms with Crippen LogP contribution in [0.5, 0.6) is 0 Å². The van der Waals surface area contributed by atoms with Gasteiger partial charge in [0, 0.05) is 17.8 Å². The number of carbonyl (C=O) groups is 2. The number of benzene rings is 2. The van der Waals surface area contributed by atoms with E-state index in [1.165, 1.54) is 0 Å². The molecule has 26 heavy (non-hydrogen) atoms. The van der Waals surface area contributed by atoms with E-state index in [9.17, 15) is 9.59 Å².